The van der Waals surface area contributed by atoms with E-state index in [1.807, 2.05) is 19.1 Å². The maximum absolute atomic E-state index is 12.9. The normalized spacial score (nSPS) is 11.1. The predicted octanol–water partition coefficient (Wildman–Crippen LogP) is 6.91. The zero-order valence-electron chi connectivity index (χ0n) is 18.1. The number of esters is 1. The first-order valence-corrected chi connectivity index (χ1v) is 10.8. The van der Waals surface area contributed by atoms with E-state index in [-0.39, 0.29) is 5.78 Å². The lowest BCUT2D eigenvalue weighted by atomic mass is 10.1. The summed E-state index contributed by atoms with van der Waals surface area (Å²) < 4.78 is 16.8. The van der Waals surface area contributed by atoms with E-state index in [0.29, 0.717) is 51.0 Å². The Morgan fingerprint density at radius 1 is 0.970 bits per heavy atom. The maximum atomic E-state index is 12.9. The molecule has 0 aliphatic carbocycles. The van der Waals surface area contributed by atoms with Crippen molar-refractivity contribution in [3.8, 4) is 11.5 Å². The first-order valence-electron chi connectivity index (χ1n) is 10.4. The number of ketones is 1. The van der Waals surface area contributed by atoms with Crippen LogP contribution in [0.2, 0.25) is 5.02 Å². The van der Waals surface area contributed by atoms with Gasteiger partial charge in [-0.05, 0) is 80.1 Å². The summed E-state index contributed by atoms with van der Waals surface area (Å²) in [6, 6.07) is 18.9. The van der Waals surface area contributed by atoms with E-state index < -0.39 is 5.97 Å². The van der Waals surface area contributed by atoms with Crippen LogP contribution >= 0.6 is 11.6 Å². The number of hydrogen-bond acceptors (Lipinski definition) is 5. The topological polar surface area (TPSA) is 65.7 Å². The lowest BCUT2D eigenvalue weighted by Gasteiger charge is -2.06. The van der Waals surface area contributed by atoms with Gasteiger partial charge in [0.25, 0.3) is 0 Å². The van der Waals surface area contributed by atoms with Crippen molar-refractivity contribution < 1.29 is 23.5 Å². The Balaban J connectivity index is 1.48. The summed E-state index contributed by atoms with van der Waals surface area (Å²) in [6.45, 7) is 4.12. The van der Waals surface area contributed by atoms with Gasteiger partial charge in [0, 0.05) is 16.0 Å². The van der Waals surface area contributed by atoms with Crippen molar-refractivity contribution in [2.24, 2.45) is 0 Å². The van der Waals surface area contributed by atoms with Crippen LogP contribution in [0.15, 0.2) is 77.2 Å². The van der Waals surface area contributed by atoms with Crippen LogP contribution in [0, 0.1) is 6.92 Å². The molecule has 4 rings (SSSR count). The molecule has 0 aliphatic rings. The fourth-order valence-corrected chi connectivity index (χ4v) is 3.52. The van der Waals surface area contributed by atoms with Crippen LogP contribution < -0.4 is 9.47 Å². The Labute approximate surface area is 196 Å². The van der Waals surface area contributed by atoms with Crippen LogP contribution in [-0.4, -0.2) is 18.4 Å². The number of carbonyl (C=O) groups is 2. The third-order valence-electron chi connectivity index (χ3n) is 5.00. The molecule has 0 saturated heterocycles. The second kappa shape index (κ2) is 9.76. The maximum Gasteiger partial charge on any atom is 0.347 e. The van der Waals surface area contributed by atoms with E-state index in [2.05, 4.69) is 0 Å². The molecule has 0 bridgehead atoms. The van der Waals surface area contributed by atoms with Gasteiger partial charge in [-0.2, -0.15) is 0 Å². The van der Waals surface area contributed by atoms with Crippen LogP contribution in [0.25, 0.3) is 17.0 Å². The van der Waals surface area contributed by atoms with Crippen molar-refractivity contribution in [3.05, 3.63) is 100 Å². The number of halogens is 1. The lowest BCUT2D eigenvalue weighted by molar-refractivity contribution is 0.0734. The zero-order chi connectivity index (χ0) is 23.4. The monoisotopic (exact) mass is 460 g/mol. The summed E-state index contributed by atoms with van der Waals surface area (Å²) in [5.74, 6) is 0.731. The predicted molar refractivity (Wildman–Crippen MR) is 128 cm³/mol. The van der Waals surface area contributed by atoms with Gasteiger partial charge in [-0.1, -0.05) is 29.8 Å². The van der Waals surface area contributed by atoms with Crippen LogP contribution in [0.3, 0.4) is 0 Å². The number of allylic oxidation sites excluding steroid dienone is 1. The second-order valence-electron chi connectivity index (χ2n) is 7.29. The molecule has 0 radical (unpaired) electrons. The molecular formula is C27H21ClO5. The molecule has 1 aromatic heterocycles. The van der Waals surface area contributed by atoms with Gasteiger partial charge in [-0.3, -0.25) is 4.79 Å². The van der Waals surface area contributed by atoms with Gasteiger partial charge in [0.2, 0.25) is 0 Å². The van der Waals surface area contributed by atoms with Crippen molar-refractivity contribution in [2.75, 3.05) is 6.61 Å². The number of rotatable bonds is 7. The summed E-state index contributed by atoms with van der Waals surface area (Å²) in [5, 5.41) is 1.26. The summed E-state index contributed by atoms with van der Waals surface area (Å²) in [5.41, 5.74) is 2.27. The molecule has 0 fully saturated rings. The second-order valence-corrected chi connectivity index (χ2v) is 7.72. The van der Waals surface area contributed by atoms with Crippen LogP contribution in [0.5, 0.6) is 11.5 Å². The first kappa shape index (κ1) is 22.4. The fourth-order valence-electron chi connectivity index (χ4n) is 3.40. The molecule has 166 valence electrons. The molecule has 1 heterocycles. The molecule has 4 aromatic rings. The summed E-state index contributed by atoms with van der Waals surface area (Å²) in [6.07, 6.45) is 3.21. The van der Waals surface area contributed by atoms with E-state index in [0.717, 1.165) is 5.56 Å². The highest BCUT2D eigenvalue weighted by Gasteiger charge is 2.21. The molecule has 6 heteroatoms. The molecule has 0 spiro atoms. The third kappa shape index (κ3) is 5.16. The third-order valence-corrected chi connectivity index (χ3v) is 5.25. The first-order chi connectivity index (χ1) is 15.9. The molecule has 0 unspecified atom stereocenters. The number of furan rings is 1. The molecule has 0 saturated carbocycles. The summed E-state index contributed by atoms with van der Waals surface area (Å²) in [4.78, 5) is 25.3. The molecule has 0 atom stereocenters. The average Bonchev–Trinajstić information content (AvgIpc) is 3.14. The Morgan fingerprint density at radius 3 is 2.36 bits per heavy atom. The summed E-state index contributed by atoms with van der Waals surface area (Å²) in [7, 11) is 0. The van der Waals surface area contributed by atoms with E-state index in [9.17, 15) is 9.59 Å². The summed E-state index contributed by atoms with van der Waals surface area (Å²) >= 11 is 5.87. The Bertz CT molecular complexity index is 1330. The van der Waals surface area contributed by atoms with Crippen molar-refractivity contribution in [2.45, 2.75) is 13.8 Å². The van der Waals surface area contributed by atoms with Crippen molar-refractivity contribution in [1.82, 2.24) is 0 Å². The van der Waals surface area contributed by atoms with Crippen molar-refractivity contribution in [3.63, 3.8) is 0 Å². The number of aryl methyl sites for hydroxylation is 1. The van der Waals surface area contributed by atoms with E-state index >= 15 is 0 Å². The zero-order valence-corrected chi connectivity index (χ0v) is 18.9. The molecule has 5 nitrogen and oxygen atoms in total. The number of hydrogen-bond donors (Lipinski definition) is 0. The molecular weight excluding hydrogens is 440 g/mol. The van der Waals surface area contributed by atoms with Gasteiger partial charge < -0.3 is 13.9 Å². The van der Waals surface area contributed by atoms with Gasteiger partial charge in [0.05, 0.1) is 6.61 Å². The number of ether oxygens (including phenoxy) is 2. The smallest absolute Gasteiger partial charge is 0.347 e. The van der Waals surface area contributed by atoms with Crippen LogP contribution in [-0.2, 0) is 0 Å². The Morgan fingerprint density at radius 2 is 1.67 bits per heavy atom. The van der Waals surface area contributed by atoms with Gasteiger partial charge in [0.15, 0.2) is 5.78 Å². The van der Waals surface area contributed by atoms with E-state index in [4.69, 9.17) is 25.5 Å². The van der Waals surface area contributed by atoms with Crippen LogP contribution in [0.4, 0.5) is 0 Å². The van der Waals surface area contributed by atoms with Crippen LogP contribution in [0.1, 0.15) is 39.0 Å². The fraction of sp³-hybridized carbons (Fsp3) is 0.111. The van der Waals surface area contributed by atoms with Crippen molar-refractivity contribution >= 4 is 40.4 Å². The van der Waals surface area contributed by atoms with E-state index in [1.165, 1.54) is 6.08 Å². The standard InChI is InChI=1S/C27H21ClO5/c1-3-31-22-13-15-25-23(16-22)26(17(2)32-25)27(30)33-21-11-7-19(8-12-21)24(29)14-6-18-4-9-20(28)10-5-18/h4-16H,3H2,1-2H3. The highest BCUT2D eigenvalue weighted by molar-refractivity contribution is 6.30. The van der Waals surface area contributed by atoms with Gasteiger partial charge in [-0.15, -0.1) is 0 Å². The Hall–Kier alpha value is -3.83. The number of benzene rings is 3. The van der Waals surface area contributed by atoms with E-state index in [1.54, 1.807) is 67.6 Å². The SMILES string of the molecule is CCOc1ccc2oc(C)c(C(=O)Oc3ccc(C(=O)C=Cc4ccc(Cl)cc4)cc3)c2c1. The van der Waals surface area contributed by atoms with Gasteiger partial charge in [0.1, 0.15) is 28.4 Å². The number of carbonyl (C=O) groups excluding carboxylic acids is 2. The molecule has 3 aromatic carbocycles. The minimum atomic E-state index is -0.540. The Kier molecular flexibility index (Phi) is 6.61. The van der Waals surface area contributed by atoms with Gasteiger partial charge >= 0.3 is 5.97 Å². The highest BCUT2D eigenvalue weighted by atomic mass is 35.5. The highest BCUT2D eigenvalue weighted by Crippen LogP contribution is 2.30. The van der Waals surface area contributed by atoms with Crippen molar-refractivity contribution in [1.29, 1.82) is 0 Å². The minimum Gasteiger partial charge on any atom is -0.494 e. The molecule has 0 amide bonds. The van der Waals surface area contributed by atoms with Gasteiger partial charge in [-0.25, -0.2) is 4.79 Å². The minimum absolute atomic E-state index is 0.164. The lowest BCUT2D eigenvalue weighted by Crippen LogP contribution is -2.09. The largest absolute Gasteiger partial charge is 0.494 e. The molecule has 0 N–H and O–H groups in total. The number of fused-ring (bicyclic) bond motifs is 1. The molecule has 0 aliphatic heterocycles. The quantitative estimate of drug-likeness (QED) is 0.130. The average molecular weight is 461 g/mol. The molecule has 33 heavy (non-hydrogen) atoms.